The van der Waals surface area contributed by atoms with Crippen LogP contribution >= 0.6 is 15.9 Å². The van der Waals surface area contributed by atoms with Gasteiger partial charge in [-0.2, -0.15) is 0 Å². The molecule has 0 saturated heterocycles. The van der Waals surface area contributed by atoms with Crippen molar-refractivity contribution in [3.63, 3.8) is 0 Å². The van der Waals surface area contributed by atoms with Gasteiger partial charge in [-0.1, -0.05) is 11.6 Å². The minimum Gasteiger partial charge on any atom is -0.453 e. The molecule has 0 spiro atoms. The predicted octanol–water partition coefficient (Wildman–Crippen LogP) is 3.13. The molecular weight excluding hydrogens is 280 g/mol. The van der Waals surface area contributed by atoms with Crippen molar-refractivity contribution >= 4 is 15.9 Å². The van der Waals surface area contributed by atoms with Crippen molar-refractivity contribution < 1.29 is 4.42 Å². The van der Waals surface area contributed by atoms with E-state index in [2.05, 4.69) is 27.3 Å². The topological polar surface area (TPSA) is 51.2 Å². The first-order chi connectivity index (χ1) is 8.29. The Balaban J connectivity index is 1.79. The molecule has 2 rings (SSSR count). The molecule has 1 aliphatic carbocycles. The van der Waals surface area contributed by atoms with Gasteiger partial charge in [-0.05, 0) is 60.3 Å². The van der Waals surface area contributed by atoms with Gasteiger partial charge in [0.25, 0.3) is 0 Å². The maximum absolute atomic E-state index is 5.76. The Morgan fingerprint density at radius 3 is 2.94 bits per heavy atom. The summed E-state index contributed by atoms with van der Waals surface area (Å²) < 4.78 is 6.27. The van der Waals surface area contributed by atoms with Crippen molar-refractivity contribution in [1.82, 2.24) is 5.32 Å². The molecule has 3 N–H and O–H groups in total. The van der Waals surface area contributed by atoms with E-state index in [1.54, 1.807) is 5.57 Å². The molecule has 0 aliphatic heterocycles. The molecule has 0 saturated carbocycles. The first-order valence-corrected chi connectivity index (χ1v) is 6.95. The van der Waals surface area contributed by atoms with Crippen LogP contribution in [-0.4, -0.2) is 13.1 Å². The Labute approximate surface area is 111 Å². The van der Waals surface area contributed by atoms with E-state index < -0.39 is 0 Å². The Bertz CT molecular complexity index is 387. The fraction of sp³-hybridized carbons (Fsp3) is 0.538. The maximum Gasteiger partial charge on any atom is 0.169 e. The fourth-order valence-corrected chi connectivity index (χ4v) is 2.51. The van der Waals surface area contributed by atoms with Gasteiger partial charge in [-0.25, -0.2) is 0 Å². The van der Waals surface area contributed by atoms with Gasteiger partial charge in [0, 0.05) is 6.54 Å². The summed E-state index contributed by atoms with van der Waals surface area (Å²) in [4.78, 5) is 0. The summed E-state index contributed by atoms with van der Waals surface area (Å²) in [7, 11) is 0. The van der Waals surface area contributed by atoms with E-state index in [9.17, 15) is 0 Å². The molecule has 0 amide bonds. The molecule has 3 nitrogen and oxygen atoms in total. The van der Waals surface area contributed by atoms with Crippen LogP contribution in [0.2, 0.25) is 0 Å². The number of nitrogens with one attached hydrogen (secondary N) is 1. The molecule has 0 bridgehead atoms. The number of nitrogens with two attached hydrogens (primary N) is 1. The van der Waals surface area contributed by atoms with Crippen LogP contribution in [0.1, 0.15) is 37.5 Å². The number of halogens is 1. The Morgan fingerprint density at radius 2 is 2.35 bits per heavy atom. The molecule has 1 aliphatic rings. The summed E-state index contributed by atoms with van der Waals surface area (Å²) in [6.45, 7) is 1.52. The summed E-state index contributed by atoms with van der Waals surface area (Å²) in [5, 5.41) is 3.45. The molecule has 1 aromatic heterocycles. The quantitative estimate of drug-likeness (QED) is 0.793. The molecule has 0 radical (unpaired) electrons. The van der Waals surface area contributed by atoms with Crippen molar-refractivity contribution in [2.75, 3.05) is 13.1 Å². The number of furan rings is 1. The predicted molar refractivity (Wildman–Crippen MR) is 72.8 cm³/mol. The van der Waals surface area contributed by atoms with Crippen LogP contribution in [0.25, 0.3) is 0 Å². The molecule has 1 atom stereocenters. The molecular formula is C13H19BrN2O. The summed E-state index contributed by atoms with van der Waals surface area (Å²) in [6, 6.07) is 3.98. The van der Waals surface area contributed by atoms with Gasteiger partial charge in [0.1, 0.15) is 5.76 Å². The van der Waals surface area contributed by atoms with Crippen LogP contribution in [0, 0.1) is 0 Å². The molecule has 4 heteroatoms. The van der Waals surface area contributed by atoms with E-state index in [4.69, 9.17) is 10.2 Å². The van der Waals surface area contributed by atoms with Crippen LogP contribution in [0.5, 0.6) is 0 Å². The van der Waals surface area contributed by atoms with Gasteiger partial charge in [0.2, 0.25) is 0 Å². The van der Waals surface area contributed by atoms with E-state index in [0.717, 1.165) is 23.4 Å². The monoisotopic (exact) mass is 298 g/mol. The molecule has 1 aromatic rings. The number of rotatable bonds is 6. The SMILES string of the molecule is NCC(NCCC1=CCCC1)c1ccc(Br)o1. The van der Waals surface area contributed by atoms with Crippen molar-refractivity contribution in [2.24, 2.45) is 5.73 Å². The lowest BCUT2D eigenvalue weighted by molar-refractivity contribution is 0.407. The highest BCUT2D eigenvalue weighted by Gasteiger charge is 2.13. The minimum absolute atomic E-state index is 0.114. The third kappa shape index (κ3) is 3.69. The highest BCUT2D eigenvalue weighted by Crippen LogP contribution is 2.22. The van der Waals surface area contributed by atoms with Crippen molar-refractivity contribution in [3.05, 3.63) is 34.2 Å². The number of allylic oxidation sites excluding steroid dienone is 1. The first-order valence-electron chi connectivity index (χ1n) is 6.16. The van der Waals surface area contributed by atoms with E-state index >= 15 is 0 Å². The lowest BCUT2D eigenvalue weighted by Crippen LogP contribution is -2.28. The summed E-state index contributed by atoms with van der Waals surface area (Å²) >= 11 is 3.31. The highest BCUT2D eigenvalue weighted by molar-refractivity contribution is 9.10. The van der Waals surface area contributed by atoms with Gasteiger partial charge in [-0.3, -0.25) is 0 Å². The van der Waals surface area contributed by atoms with Gasteiger partial charge in [0.15, 0.2) is 4.67 Å². The first kappa shape index (κ1) is 12.9. The number of hydrogen-bond donors (Lipinski definition) is 2. The van der Waals surface area contributed by atoms with Gasteiger partial charge in [-0.15, -0.1) is 0 Å². The Kier molecular flexibility index (Phi) is 4.83. The molecule has 1 heterocycles. The second kappa shape index (κ2) is 6.38. The van der Waals surface area contributed by atoms with Crippen molar-refractivity contribution in [3.8, 4) is 0 Å². The van der Waals surface area contributed by atoms with E-state index in [-0.39, 0.29) is 6.04 Å². The largest absolute Gasteiger partial charge is 0.453 e. The van der Waals surface area contributed by atoms with Crippen LogP contribution < -0.4 is 11.1 Å². The van der Waals surface area contributed by atoms with Crippen molar-refractivity contribution in [2.45, 2.75) is 31.7 Å². The third-order valence-electron chi connectivity index (χ3n) is 3.15. The van der Waals surface area contributed by atoms with Crippen molar-refractivity contribution in [1.29, 1.82) is 0 Å². The molecule has 94 valence electrons. The number of hydrogen-bond acceptors (Lipinski definition) is 3. The minimum atomic E-state index is 0.114. The van der Waals surface area contributed by atoms with Crippen LogP contribution in [-0.2, 0) is 0 Å². The van der Waals surface area contributed by atoms with E-state index in [0.29, 0.717) is 6.54 Å². The summed E-state index contributed by atoms with van der Waals surface area (Å²) in [5.74, 6) is 0.903. The zero-order valence-corrected chi connectivity index (χ0v) is 11.5. The van der Waals surface area contributed by atoms with Gasteiger partial charge < -0.3 is 15.5 Å². The normalized spacial score (nSPS) is 17.2. The molecule has 1 unspecified atom stereocenters. The smallest absolute Gasteiger partial charge is 0.169 e. The Hall–Kier alpha value is -0.580. The zero-order chi connectivity index (χ0) is 12.1. The molecule has 0 aromatic carbocycles. The molecule has 17 heavy (non-hydrogen) atoms. The van der Waals surface area contributed by atoms with E-state index in [1.807, 2.05) is 12.1 Å². The summed E-state index contributed by atoms with van der Waals surface area (Å²) in [6.07, 6.45) is 7.32. The fourth-order valence-electron chi connectivity index (χ4n) is 2.19. The van der Waals surface area contributed by atoms with Crippen LogP contribution in [0.15, 0.2) is 32.9 Å². The average molecular weight is 299 g/mol. The Morgan fingerprint density at radius 1 is 1.47 bits per heavy atom. The highest BCUT2D eigenvalue weighted by atomic mass is 79.9. The summed E-state index contributed by atoms with van der Waals surface area (Å²) in [5.41, 5.74) is 7.33. The maximum atomic E-state index is 5.76. The average Bonchev–Trinajstić information content (AvgIpc) is 2.96. The lowest BCUT2D eigenvalue weighted by Gasteiger charge is -2.14. The van der Waals surface area contributed by atoms with Gasteiger partial charge in [0.05, 0.1) is 6.04 Å². The molecule has 0 fully saturated rings. The zero-order valence-electron chi connectivity index (χ0n) is 9.92. The second-order valence-electron chi connectivity index (χ2n) is 4.39. The second-order valence-corrected chi connectivity index (χ2v) is 5.17. The third-order valence-corrected chi connectivity index (χ3v) is 3.57. The van der Waals surface area contributed by atoms with Crippen LogP contribution in [0.3, 0.4) is 0 Å². The standard InChI is InChI=1S/C13H19BrN2O/c14-13-6-5-12(17-13)11(9-15)16-8-7-10-3-1-2-4-10/h3,5-6,11,16H,1-2,4,7-9,15H2. The van der Waals surface area contributed by atoms with E-state index in [1.165, 1.54) is 19.3 Å². The van der Waals surface area contributed by atoms with Gasteiger partial charge >= 0.3 is 0 Å². The lowest BCUT2D eigenvalue weighted by atomic mass is 10.1. The van der Waals surface area contributed by atoms with Crippen LogP contribution in [0.4, 0.5) is 0 Å².